The molecule has 3 aromatic rings. The van der Waals surface area contributed by atoms with Crippen molar-refractivity contribution in [1.29, 1.82) is 0 Å². The maximum Gasteiger partial charge on any atom is 0.243 e. The van der Waals surface area contributed by atoms with E-state index in [0.717, 1.165) is 20.0 Å². The van der Waals surface area contributed by atoms with Gasteiger partial charge in [-0.05, 0) is 79.1 Å². The summed E-state index contributed by atoms with van der Waals surface area (Å²) in [5.74, 6) is -0.751. The monoisotopic (exact) mass is 550 g/mol. The minimum atomic E-state index is -4.03. The molecule has 0 bridgehead atoms. The maximum atomic E-state index is 13.5. The molecule has 0 fully saturated rings. The van der Waals surface area contributed by atoms with E-state index in [0.29, 0.717) is 17.0 Å². The Bertz CT molecular complexity index is 1280. The second-order valence-corrected chi connectivity index (χ2v) is 11.2. The molecule has 1 atom stereocenters. The van der Waals surface area contributed by atoms with E-state index in [4.69, 9.17) is 11.6 Å². The van der Waals surface area contributed by atoms with Gasteiger partial charge in [0.15, 0.2) is 0 Å². The number of rotatable bonds is 6. The lowest BCUT2D eigenvalue weighted by molar-refractivity contribution is -0.119. The first kappa shape index (κ1) is 23.9. The first-order valence-corrected chi connectivity index (χ1v) is 12.9. The summed E-state index contributed by atoms with van der Waals surface area (Å²) in [6, 6.07) is 16.9. The van der Waals surface area contributed by atoms with Crippen molar-refractivity contribution in [3.05, 3.63) is 93.2 Å². The number of carbonyl (C=O) groups excluding carboxylic acids is 1. The molecule has 0 unspecified atom stereocenters. The van der Waals surface area contributed by atoms with Crippen LogP contribution in [0.5, 0.6) is 0 Å². The van der Waals surface area contributed by atoms with Crippen LogP contribution in [0.3, 0.4) is 0 Å². The summed E-state index contributed by atoms with van der Waals surface area (Å²) in [6.45, 7) is 1.50. The lowest BCUT2D eigenvalue weighted by Gasteiger charge is -2.27. The van der Waals surface area contributed by atoms with Crippen molar-refractivity contribution < 1.29 is 17.6 Å². The van der Waals surface area contributed by atoms with Gasteiger partial charge in [0, 0.05) is 27.8 Å². The molecular formula is C24H21BrClFN2O3S. The lowest BCUT2D eigenvalue weighted by atomic mass is 10.1. The summed E-state index contributed by atoms with van der Waals surface area (Å²) < 4.78 is 42.4. The van der Waals surface area contributed by atoms with Crippen LogP contribution in [0.1, 0.15) is 18.1 Å². The van der Waals surface area contributed by atoms with Gasteiger partial charge in [0.25, 0.3) is 0 Å². The molecule has 0 aromatic heterocycles. The SMILES string of the molecule is C[C@H]1Cc2cc(Br)ccc2N1C(=O)CN(Cc1ccc(F)cc1)S(=O)(=O)c1ccc(Cl)cc1. The summed E-state index contributed by atoms with van der Waals surface area (Å²) in [7, 11) is -4.03. The predicted molar refractivity (Wildman–Crippen MR) is 130 cm³/mol. The van der Waals surface area contributed by atoms with E-state index in [1.807, 2.05) is 25.1 Å². The quantitative estimate of drug-likeness (QED) is 0.412. The molecular weight excluding hydrogens is 531 g/mol. The second-order valence-electron chi connectivity index (χ2n) is 7.94. The van der Waals surface area contributed by atoms with Gasteiger partial charge in [0.05, 0.1) is 11.4 Å². The Kier molecular flexibility index (Phi) is 6.91. The molecule has 0 saturated carbocycles. The molecule has 3 aromatic carbocycles. The van der Waals surface area contributed by atoms with E-state index in [9.17, 15) is 17.6 Å². The first-order valence-electron chi connectivity index (χ1n) is 10.3. The number of fused-ring (bicyclic) bond motifs is 1. The van der Waals surface area contributed by atoms with Gasteiger partial charge >= 0.3 is 0 Å². The van der Waals surface area contributed by atoms with E-state index < -0.39 is 15.8 Å². The number of sulfonamides is 1. The number of hydrogen-bond acceptors (Lipinski definition) is 3. The number of nitrogens with zero attached hydrogens (tertiary/aromatic N) is 2. The van der Waals surface area contributed by atoms with Gasteiger partial charge < -0.3 is 4.90 Å². The van der Waals surface area contributed by atoms with E-state index in [1.165, 1.54) is 48.5 Å². The van der Waals surface area contributed by atoms with Crippen LogP contribution in [0.4, 0.5) is 10.1 Å². The highest BCUT2D eigenvalue weighted by Crippen LogP contribution is 2.34. The van der Waals surface area contributed by atoms with Crippen molar-refractivity contribution in [1.82, 2.24) is 4.31 Å². The molecule has 4 rings (SSSR count). The van der Waals surface area contributed by atoms with Crippen molar-refractivity contribution in [3.8, 4) is 0 Å². The highest BCUT2D eigenvalue weighted by molar-refractivity contribution is 9.10. The number of hydrogen-bond donors (Lipinski definition) is 0. The smallest absolute Gasteiger partial charge is 0.243 e. The van der Waals surface area contributed by atoms with E-state index >= 15 is 0 Å². The highest BCUT2D eigenvalue weighted by atomic mass is 79.9. The Balaban J connectivity index is 1.67. The lowest BCUT2D eigenvalue weighted by Crippen LogP contribution is -2.44. The molecule has 5 nitrogen and oxygen atoms in total. The fourth-order valence-electron chi connectivity index (χ4n) is 3.98. The van der Waals surface area contributed by atoms with Crippen molar-refractivity contribution >= 4 is 49.1 Å². The summed E-state index contributed by atoms with van der Waals surface area (Å²) in [5.41, 5.74) is 2.37. The van der Waals surface area contributed by atoms with Gasteiger partial charge in [-0.3, -0.25) is 4.79 Å². The molecule has 1 aliphatic rings. The molecule has 0 aliphatic carbocycles. The maximum absolute atomic E-state index is 13.5. The Morgan fingerprint density at radius 1 is 1.12 bits per heavy atom. The molecule has 1 amide bonds. The fourth-order valence-corrected chi connectivity index (χ4v) is 5.89. The molecule has 0 spiro atoms. The first-order chi connectivity index (χ1) is 15.6. The zero-order chi connectivity index (χ0) is 23.8. The van der Waals surface area contributed by atoms with Crippen molar-refractivity contribution in [2.24, 2.45) is 0 Å². The van der Waals surface area contributed by atoms with Crippen LogP contribution < -0.4 is 4.90 Å². The largest absolute Gasteiger partial charge is 0.308 e. The van der Waals surface area contributed by atoms with Gasteiger partial charge in [0.1, 0.15) is 5.82 Å². The molecule has 0 saturated heterocycles. The van der Waals surface area contributed by atoms with Gasteiger partial charge in [-0.2, -0.15) is 4.31 Å². The highest BCUT2D eigenvalue weighted by Gasteiger charge is 2.34. The van der Waals surface area contributed by atoms with Crippen LogP contribution in [0.25, 0.3) is 0 Å². The van der Waals surface area contributed by atoms with Crippen molar-refractivity contribution in [2.75, 3.05) is 11.4 Å². The normalized spacial score (nSPS) is 15.7. The minimum absolute atomic E-state index is 0.0283. The number of anilines is 1. The second kappa shape index (κ2) is 9.54. The number of amides is 1. The molecule has 9 heteroatoms. The number of halogens is 3. The van der Waals surface area contributed by atoms with Crippen LogP contribution in [0.15, 0.2) is 76.1 Å². The van der Waals surface area contributed by atoms with Crippen molar-refractivity contribution in [2.45, 2.75) is 30.8 Å². The molecule has 0 N–H and O–H groups in total. The Morgan fingerprint density at radius 2 is 1.79 bits per heavy atom. The zero-order valence-corrected chi connectivity index (χ0v) is 20.9. The van der Waals surface area contributed by atoms with Crippen LogP contribution in [-0.2, 0) is 27.8 Å². The average Bonchev–Trinajstić information content (AvgIpc) is 3.09. The number of carbonyl (C=O) groups is 1. The van der Waals surface area contributed by atoms with E-state index in [-0.39, 0.29) is 29.9 Å². The molecule has 1 heterocycles. The van der Waals surface area contributed by atoms with Crippen LogP contribution in [0, 0.1) is 5.82 Å². The standard InChI is InChI=1S/C24H21BrClFN2O3S/c1-16-12-18-13-19(25)4-11-23(18)29(16)24(30)15-28(14-17-2-7-21(27)8-3-17)33(31,32)22-9-5-20(26)6-10-22/h2-11,13,16H,12,14-15H2,1H3/t16-/m0/s1. The average molecular weight is 552 g/mol. The Labute approximate surface area is 206 Å². The summed E-state index contributed by atoms with van der Waals surface area (Å²) >= 11 is 9.38. The number of benzene rings is 3. The topological polar surface area (TPSA) is 57.7 Å². The molecule has 0 radical (unpaired) electrons. The third kappa shape index (κ3) is 5.14. The predicted octanol–water partition coefficient (Wildman–Crippen LogP) is 5.41. The zero-order valence-electron chi connectivity index (χ0n) is 17.7. The summed E-state index contributed by atoms with van der Waals surface area (Å²) in [5, 5.41) is 0.406. The van der Waals surface area contributed by atoms with Crippen LogP contribution in [0.2, 0.25) is 5.02 Å². The fraction of sp³-hybridized carbons (Fsp3) is 0.208. The van der Waals surface area contributed by atoms with Crippen LogP contribution in [-0.4, -0.2) is 31.2 Å². The van der Waals surface area contributed by atoms with Gasteiger partial charge in [-0.1, -0.05) is 39.7 Å². The van der Waals surface area contributed by atoms with Gasteiger partial charge in [-0.15, -0.1) is 0 Å². The van der Waals surface area contributed by atoms with E-state index in [1.54, 1.807) is 4.90 Å². The van der Waals surface area contributed by atoms with Crippen LogP contribution >= 0.6 is 27.5 Å². The third-order valence-corrected chi connectivity index (χ3v) is 8.11. The summed E-state index contributed by atoms with van der Waals surface area (Å²) in [4.78, 5) is 15.1. The minimum Gasteiger partial charge on any atom is -0.308 e. The van der Waals surface area contributed by atoms with E-state index in [2.05, 4.69) is 15.9 Å². The van der Waals surface area contributed by atoms with Gasteiger partial charge in [-0.25, -0.2) is 12.8 Å². The summed E-state index contributed by atoms with van der Waals surface area (Å²) in [6.07, 6.45) is 0.683. The Morgan fingerprint density at radius 3 is 2.45 bits per heavy atom. The third-order valence-electron chi connectivity index (χ3n) is 5.56. The molecule has 33 heavy (non-hydrogen) atoms. The van der Waals surface area contributed by atoms with Crippen molar-refractivity contribution in [3.63, 3.8) is 0 Å². The van der Waals surface area contributed by atoms with Gasteiger partial charge in [0.2, 0.25) is 15.9 Å². The molecule has 172 valence electrons. The Hall–Kier alpha value is -2.26. The molecule has 1 aliphatic heterocycles.